The molecule has 3 nitrogen and oxygen atoms in total. The van der Waals surface area contributed by atoms with E-state index in [0.717, 1.165) is 31.2 Å². The fourth-order valence-corrected chi connectivity index (χ4v) is 3.04. The van der Waals surface area contributed by atoms with E-state index in [4.69, 9.17) is 11.6 Å². The van der Waals surface area contributed by atoms with Crippen molar-refractivity contribution in [1.29, 1.82) is 0 Å². The monoisotopic (exact) mass is 255 g/mol. The van der Waals surface area contributed by atoms with Crippen molar-refractivity contribution < 1.29 is 0 Å². The van der Waals surface area contributed by atoms with Crippen molar-refractivity contribution in [3.05, 3.63) is 18.2 Å². The summed E-state index contributed by atoms with van der Waals surface area (Å²) in [6, 6.07) is 0. The molecule has 1 heterocycles. The lowest BCUT2D eigenvalue weighted by Gasteiger charge is -2.26. The van der Waals surface area contributed by atoms with E-state index in [1.807, 2.05) is 19.4 Å². The number of imidazole rings is 1. The van der Waals surface area contributed by atoms with Gasteiger partial charge in [0.1, 0.15) is 5.82 Å². The lowest BCUT2D eigenvalue weighted by Crippen LogP contribution is -2.34. The molecule has 0 amide bonds. The topological polar surface area (TPSA) is 29.9 Å². The van der Waals surface area contributed by atoms with Gasteiger partial charge >= 0.3 is 0 Å². The number of aryl methyl sites for hydroxylation is 1. The first kappa shape index (κ1) is 12.9. The van der Waals surface area contributed by atoms with Gasteiger partial charge in [-0.2, -0.15) is 0 Å². The summed E-state index contributed by atoms with van der Waals surface area (Å²) in [6.07, 6.45) is 10.1. The Morgan fingerprint density at radius 1 is 1.47 bits per heavy atom. The van der Waals surface area contributed by atoms with E-state index in [9.17, 15) is 0 Å². The van der Waals surface area contributed by atoms with Crippen LogP contribution in [0.1, 0.15) is 31.5 Å². The molecule has 0 unspecified atom stereocenters. The van der Waals surface area contributed by atoms with Gasteiger partial charge < -0.3 is 9.88 Å². The van der Waals surface area contributed by atoms with Gasteiger partial charge in [0, 0.05) is 44.8 Å². The van der Waals surface area contributed by atoms with Crippen LogP contribution in [-0.2, 0) is 13.5 Å². The maximum Gasteiger partial charge on any atom is 0.109 e. The predicted molar refractivity (Wildman–Crippen MR) is 71.4 cm³/mol. The summed E-state index contributed by atoms with van der Waals surface area (Å²) in [5.74, 6) is 1.94. The van der Waals surface area contributed by atoms with Crippen molar-refractivity contribution in [3.63, 3.8) is 0 Å². The fourth-order valence-electron chi connectivity index (χ4n) is 2.67. The molecule has 0 bridgehead atoms. The number of hydrogen-bond donors (Lipinski definition) is 1. The maximum absolute atomic E-state index is 6.11. The molecule has 96 valence electrons. The molecule has 17 heavy (non-hydrogen) atoms. The lowest BCUT2D eigenvalue weighted by atomic mass is 9.88. The van der Waals surface area contributed by atoms with Crippen LogP contribution < -0.4 is 5.32 Å². The minimum Gasteiger partial charge on any atom is -0.338 e. The summed E-state index contributed by atoms with van der Waals surface area (Å²) >= 11 is 6.11. The molecule has 0 aliphatic heterocycles. The Labute approximate surface area is 109 Å². The van der Waals surface area contributed by atoms with E-state index in [-0.39, 0.29) is 0 Å². The zero-order valence-corrected chi connectivity index (χ0v) is 11.3. The SMILES string of the molecule is Cn1ccnc1CCNCC1(CCl)CCCC1. The van der Waals surface area contributed by atoms with Gasteiger partial charge in [-0.05, 0) is 18.3 Å². The standard InChI is InChI=1S/C13H22ClN3/c1-17-9-8-16-12(17)4-7-15-11-13(10-14)5-2-3-6-13/h8-9,15H,2-7,10-11H2,1H3. The number of aromatic nitrogens is 2. The third kappa shape index (κ3) is 3.23. The smallest absolute Gasteiger partial charge is 0.109 e. The Kier molecular flexibility index (Phi) is 4.46. The molecule has 1 N–H and O–H groups in total. The second kappa shape index (κ2) is 5.87. The molecule has 1 aliphatic carbocycles. The third-order valence-corrected chi connectivity index (χ3v) is 4.46. The van der Waals surface area contributed by atoms with Crippen molar-refractivity contribution in [2.45, 2.75) is 32.1 Å². The molecular weight excluding hydrogens is 234 g/mol. The van der Waals surface area contributed by atoms with Crippen LogP contribution in [0.3, 0.4) is 0 Å². The third-order valence-electron chi connectivity index (χ3n) is 3.89. The van der Waals surface area contributed by atoms with E-state index in [0.29, 0.717) is 5.41 Å². The van der Waals surface area contributed by atoms with Gasteiger partial charge in [0.25, 0.3) is 0 Å². The van der Waals surface area contributed by atoms with Crippen LogP contribution in [0, 0.1) is 5.41 Å². The van der Waals surface area contributed by atoms with Crippen LogP contribution in [-0.4, -0.2) is 28.5 Å². The first-order valence-electron chi connectivity index (χ1n) is 6.49. The summed E-state index contributed by atoms with van der Waals surface area (Å²) in [5.41, 5.74) is 0.364. The number of hydrogen-bond acceptors (Lipinski definition) is 2. The minimum atomic E-state index is 0.364. The quantitative estimate of drug-likeness (QED) is 0.625. The second-order valence-corrected chi connectivity index (χ2v) is 5.49. The van der Waals surface area contributed by atoms with E-state index in [1.54, 1.807) is 0 Å². The first-order chi connectivity index (χ1) is 8.26. The van der Waals surface area contributed by atoms with Gasteiger partial charge in [-0.15, -0.1) is 11.6 Å². The van der Waals surface area contributed by atoms with Crippen molar-refractivity contribution in [2.75, 3.05) is 19.0 Å². The molecular formula is C13H22ClN3. The zero-order chi connectivity index (χ0) is 12.1. The van der Waals surface area contributed by atoms with E-state index >= 15 is 0 Å². The van der Waals surface area contributed by atoms with Crippen LogP contribution in [0.5, 0.6) is 0 Å². The van der Waals surface area contributed by atoms with Gasteiger partial charge in [0.15, 0.2) is 0 Å². The van der Waals surface area contributed by atoms with Crippen LogP contribution in [0.25, 0.3) is 0 Å². The van der Waals surface area contributed by atoms with Crippen molar-refractivity contribution in [1.82, 2.24) is 14.9 Å². The van der Waals surface area contributed by atoms with Gasteiger partial charge in [0.2, 0.25) is 0 Å². The number of nitrogens with zero attached hydrogens (tertiary/aromatic N) is 2. The van der Waals surface area contributed by atoms with Crippen molar-refractivity contribution in [3.8, 4) is 0 Å². The summed E-state index contributed by atoms with van der Waals surface area (Å²) in [7, 11) is 2.04. The minimum absolute atomic E-state index is 0.364. The molecule has 1 aromatic rings. The molecule has 1 fully saturated rings. The Balaban J connectivity index is 1.71. The Bertz CT molecular complexity index is 342. The number of alkyl halides is 1. The normalized spacial score (nSPS) is 18.7. The van der Waals surface area contributed by atoms with E-state index in [1.165, 1.54) is 25.7 Å². The number of rotatable bonds is 6. The molecule has 4 heteroatoms. The van der Waals surface area contributed by atoms with Gasteiger partial charge in [0.05, 0.1) is 0 Å². The van der Waals surface area contributed by atoms with Crippen molar-refractivity contribution >= 4 is 11.6 Å². The van der Waals surface area contributed by atoms with Gasteiger partial charge in [-0.25, -0.2) is 4.98 Å². The highest BCUT2D eigenvalue weighted by atomic mass is 35.5. The summed E-state index contributed by atoms with van der Waals surface area (Å²) in [4.78, 5) is 4.32. The van der Waals surface area contributed by atoms with E-state index in [2.05, 4.69) is 14.9 Å². The largest absolute Gasteiger partial charge is 0.338 e. The second-order valence-electron chi connectivity index (χ2n) is 5.22. The Hall–Kier alpha value is -0.540. The molecule has 1 saturated carbocycles. The van der Waals surface area contributed by atoms with Crippen LogP contribution in [0.4, 0.5) is 0 Å². The van der Waals surface area contributed by atoms with Crippen LogP contribution >= 0.6 is 11.6 Å². The number of halogens is 1. The summed E-state index contributed by atoms with van der Waals surface area (Å²) in [6.45, 7) is 2.05. The molecule has 0 atom stereocenters. The molecule has 0 radical (unpaired) electrons. The zero-order valence-electron chi connectivity index (χ0n) is 10.6. The van der Waals surface area contributed by atoms with Crippen LogP contribution in [0.15, 0.2) is 12.4 Å². The summed E-state index contributed by atoms with van der Waals surface area (Å²) < 4.78 is 2.08. The van der Waals surface area contributed by atoms with E-state index < -0.39 is 0 Å². The molecule has 0 spiro atoms. The Morgan fingerprint density at radius 2 is 2.24 bits per heavy atom. The predicted octanol–water partition coefficient (Wildman–Crippen LogP) is 2.35. The molecule has 2 rings (SSSR count). The maximum atomic E-state index is 6.11. The van der Waals surface area contributed by atoms with Crippen molar-refractivity contribution in [2.24, 2.45) is 12.5 Å². The van der Waals surface area contributed by atoms with Crippen LogP contribution in [0.2, 0.25) is 0 Å². The average molecular weight is 256 g/mol. The number of nitrogens with one attached hydrogen (secondary N) is 1. The average Bonchev–Trinajstić information content (AvgIpc) is 2.95. The molecule has 1 aromatic heterocycles. The highest BCUT2D eigenvalue weighted by Gasteiger charge is 2.32. The highest BCUT2D eigenvalue weighted by molar-refractivity contribution is 6.18. The molecule has 0 saturated heterocycles. The van der Waals surface area contributed by atoms with Gasteiger partial charge in [-0.3, -0.25) is 0 Å². The first-order valence-corrected chi connectivity index (χ1v) is 7.02. The summed E-state index contributed by atoms with van der Waals surface area (Å²) in [5, 5.41) is 3.55. The Morgan fingerprint density at radius 3 is 2.82 bits per heavy atom. The van der Waals surface area contributed by atoms with Gasteiger partial charge in [-0.1, -0.05) is 12.8 Å². The fraction of sp³-hybridized carbons (Fsp3) is 0.769. The lowest BCUT2D eigenvalue weighted by molar-refractivity contribution is 0.321. The molecule has 1 aliphatic rings. The highest BCUT2D eigenvalue weighted by Crippen LogP contribution is 2.38. The molecule has 0 aromatic carbocycles.